The van der Waals surface area contributed by atoms with E-state index in [0.29, 0.717) is 47.7 Å². The summed E-state index contributed by atoms with van der Waals surface area (Å²) >= 11 is 6.13. The minimum atomic E-state index is -2.55. The SMILES string of the molecule is Cc1nn(CC(F)F)c(C)c1-c1cc(F)nc(O[C@@H]2CCN(C3=C(Cl)C(=O)CN=C3)C2)c1. The van der Waals surface area contributed by atoms with Gasteiger partial charge in [-0.15, -0.1) is 0 Å². The van der Waals surface area contributed by atoms with E-state index >= 15 is 0 Å². The largest absolute Gasteiger partial charge is 0.472 e. The van der Waals surface area contributed by atoms with Crippen LogP contribution >= 0.6 is 11.6 Å². The van der Waals surface area contributed by atoms with Gasteiger partial charge in [-0.1, -0.05) is 11.6 Å². The van der Waals surface area contributed by atoms with Crippen LogP contribution in [-0.4, -0.2) is 63.8 Å². The molecule has 0 bridgehead atoms. The molecular formula is C21H21ClF3N5O2. The quantitative estimate of drug-likeness (QED) is 0.608. The first kappa shape index (κ1) is 22.3. The Morgan fingerprint density at radius 2 is 2.09 bits per heavy atom. The van der Waals surface area contributed by atoms with Gasteiger partial charge in [-0.2, -0.15) is 14.5 Å². The van der Waals surface area contributed by atoms with Gasteiger partial charge in [0.05, 0.1) is 17.9 Å². The number of alkyl halides is 2. The number of carbonyl (C=O) groups is 1. The molecule has 0 spiro atoms. The Labute approximate surface area is 187 Å². The molecule has 1 fully saturated rings. The lowest BCUT2D eigenvalue weighted by molar-refractivity contribution is -0.113. The Kier molecular flexibility index (Phi) is 6.23. The zero-order valence-corrected chi connectivity index (χ0v) is 18.2. The third-order valence-corrected chi connectivity index (χ3v) is 5.85. The Morgan fingerprint density at radius 1 is 1.31 bits per heavy atom. The average Bonchev–Trinajstić information content (AvgIpc) is 3.27. The molecule has 0 saturated carbocycles. The van der Waals surface area contributed by atoms with Crippen LogP contribution in [0.2, 0.25) is 0 Å². The van der Waals surface area contributed by atoms with Crippen molar-refractivity contribution in [3.8, 4) is 17.0 Å². The van der Waals surface area contributed by atoms with Gasteiger partial charge >= 0.3 is 0 Å². The number of ether oxygens (including phenoxy) is 1. The maximum Gasteiger partial charge on any atom is 0.257 e. The van der Waals surface area contributed by atoms with Crippen LogP contribution in [0.25, 0.3) is 11.1 Å². The number of allylic oxidation sites excluding steroid dienone is 1. The van der Waals surface area contributed by atoms with Crippen LogP contribution < -0.4 is 4.74 Å². The predicted octanol–water partition coefficient (Wildman–Crippen LogP) is 3.52. The van der Waals surface area contributed by atoms with Gasteiger partial charge < -0.3 is 9.64 Å². The molecule has 4 heterocycles. The summed E-state index contributed by atoms with van der Waals surface area (Å²) in [5.41, 5.74) is 2.59. The summed E-state index contributed by atoms with van der Waals surface area (Å²) in [6.07, 6.45) is -0.656. The summed E-state index contributed by atoms with van der Waals surface area (Å²) < 4.78 is 47.1. The van der Waals surface area contributed by atoms with Crippen LogP contribution in [0.5, 0.6) is 5.88 Å². The van der Waals surface area contributed by atoms with Crippen molar-refractivity contribution in [3.05, 3.63) is 40.2 Å². The maximum absolute atomic E-state index is 14.3. The molecule has 0 aromatic carbocycles. The van der Waals surface area contributed by atoms with Gasteiger partial charge in [0, 0.05) is 42.6 Å². The van der Waals surface area contributed by atoms with E-state index in [1.54, 1.807) is 26.1 Å². The van der Waals surface area contributed by atoms with E-state index in [-0.39, 0.29) is 29.3 Å². The Hall–Kier alpha value is -2.88. The van der Waals surface area contributed by atoms with Crippen molar-refractivity contribution in [2.45, 2.75) is 39.3 Å². The van der Waals surface area contributed by atoms with Crippen LogP contribution in [0.1, 0.15) is 17.8 Å². The first-order valence-electron chi connectivity index (χ1n) is 10.1. The van der Waals surface area contributed by atoms with Crippen molar-refractivity contribution in [1.82, 2.24) is 19.7 Å². The van der Waals surface area contributed by atoms with Crippen molar-refractivity contribution < 1.29 is 22.7 Å². The fraction of sp³-hybridized carbons (Fsp3) is 0.429. The Balaban J connectivity index is 1.54. The van der Waals surface area contributed by atoms with E-state index in [0.717, 1.165) is 0 Å². The number of hydrogen-bond donors (Lipinski definition) is 0. The van der Waals surface area contributed by atoms with Gasteiger partial charge in [0.15, 0.2) is 5.78 Å². The molecule has 0 radical (unpaired) electrons. The van der Waals surface area contributed by atoms with Gasteiger partial charge in [0.25, 0.3) is 6.43 Å². The highest BCUT2D eigenvalue weighted by Crippen LogP contribution is 2.31. The third kappa shape index (κ3) is 4.50. The zero-order chi connectivity index (χ0) is 23.0. The molecule has 2 aliphatic heterocycles. The van der Waals surface area contributed by atoms with E-state index in [2.05, 4.69) is 15.1 Å². The molecule has 0 unspecified atom stereocenters. The number of likely N-dealkylation sites (tertiary alicyclic amines) is 1. The summed E-state index contributed by atoms with van der Waals surface area (Å²) in [6, 6.07) is 2.81. The van der Waals surface area contributed by atoms with Crippen molar-refractivity contribution in [3.63, 3.8) is 0 Å². The normalized spacial score (nSPS) is 18.9. The fourth-order valence-electron chi connectivity index (χ4n) is 4.02. The zero-order valence-electron chi connectivity index (χ0n) is 17.5. The predicted molar refractivity (Wildman–Crippen MR) is 113 cm³/mol. The topological polar surface area (TPSA) is 72.6 Å². The second kappa shape index (κ2) is 8.93. The lowest BCUT2D eigenvalue weighted by Crippen LogP contribution is -2.28. The highest BCUT2D eigenvalue weighted by atomic mass is 35.5. The van der Waals surface area contributed by atoms with Crippen LogP contribution in [0.4, 0.5) is 13.2 Å². The smallest absolute Gasteiger partial charge is 0.257 e. The summed E-state index contributed by atoms with van der Waals surface area (Å²) in [6.45, 7) is 3.88. The van der Waals surface area contributed by atoms with Crippen LogP contribution in [0, 0.1) is 19.8 Å². The number of dihydropyridines is 1. The van der Waals surface area contributed by atoms with E-state index in [1.165, 1.54) is 10.7 Å². The standard InChI is InChI=1S/C21H21ClF3N5O2/c1-11-20(12(2)30(28-11)10-17(23)24)13-5-18(25)27-19(6-13)32-14-3-4-29(9-14)15-7-26-8-16(31)21(15)22/h5-7,14,17H,3-4,8-10H2,1-2H3/t14-/m1/s1. The van der Waals surface area contributed by atoms with Crippen LogP contribution in [-0.2, 0) is 11.3 Å². The number of pyridine rings is 1. The van der Waals surface area contributed by atoms with Crippen LogP contribution in [0.3, 0.4) is 0 Å². The molecule has 1 atom stereocenters. The highest BCUT2D eigenvalue weighted by molar-refractivity contribution is 6.44. The van der Waals surface area contributed by atoms with E-state index < -0.39 is 18.9 Å². The molecule has 2 aromatic rings. The number of ketones is 1. The molecule has 1 saturated heterocycles. The van der Waals surface area contributed by atoms with E-state index in [1.807, 2.05) is 4.90 Å². The molecule has 0 N–H and O–H groups in total. The Morgan fingerprint density at radius 3 is 2.84 bits per heavy atom. The lowest BCUT2D eigenvalue weighted by Gasteiger charge is -2.22. The molecular weight excluding hydrogens is 447 g/mol. The minimum absolute atomic E-state index is 0.0405. The lowest BCUT2D eigenvalue weighted by atomic mass is 10.1. The molecule has 4 rings (SSSR count). The van der Waals surface area contributed by atoms with E-state index in [4.69, 9.17) is 16.3 Å². The number of nitrogens with zero attached hydrogens (tertiary/aromatic N) is 5. The van der Waals surface area contributed by atoms with Gasteiger partial charge in [0.2, 0.25) is 11.8 Å². The molecule has 32 heavy (non-hydrogen) atoms. The number of rotatable bonds is 6. The number of Topliss-reactive ketones (excluding diaryl/α,β-unsaturated/α-hetero) is 1. The summed E-state index contributed by atoms with van der Waals surface area (Å²) in [7, 11) is 0. The van der Waals surface area contributed by atoms with Gasteiger partial charge in [-0.05, 0) is 19.4 Å². The number of aryl methyl sites for hydroxylation is 1. The van der Waals surface area contributed by atoms with Crippen molar-refractivity contribution in [2.24, 2.45) is 4.99 Å². The maximum atomic E-state index is 14.3. The number of hydrogen-bond acceptors (Lipinski definition) is 6. The Bertz CT molecular complexity index is 1120. The van der Waals surface area contributed by atoms with Crippen molar-refractivity contribution in [2.75, 3.05) is 19.6 Å². The molecule has 11 heteroatoms. The first-order chi connectivity index (χ1) is 15.2. The van der Waals surface area contributed by atoms with Crippen molar-refractivity contribution in [1.29, 1.82) is 0 Å². The van der Waals surface area contributed by atoms with Crippen LogP contribution in [0.15, 0.2) is 27.9 Å². The average molecular weight is 468 g/mol. The first-order valence-corrected chi connectivity index (χ1v) is 10.4. The molecule has 170 valence electrons. The molecule has 2 aromatic heterocycles. The van der Waals surface area contributed by atoms with Gasteiger partial charge in [-0.25, -0.2) is 8.78 Å². The fourth-order valence-corrected chi connectivity index (χ4v) is 4.25. The van der Waals surface area contributed by atoms with Crippen molar-refractivity contribution >= 4 is 23.6 Å². The third-order valence-electron chi connectivity index (χ3n) is 5.44. The van der Waals surface area contributed by atoms with Gasteiger partial charge in [-0.3, -0.25) is 14.5 Å². The second-order valence-corrected chi connectivity index (χ2v) is 8.08. The molecule has 0 amide bonds. The van der Waals surface area contributed by atoms with E-state index in [9.17, 15) is 18.0 Å². The van der Waals surface area contributed by atoms with Gasteiger partial charge in [0.1, 0.15) is 24.2 Å². The number of aliphatic imine (C=N–C) groups is 1. The monoisotopic (exact) mass is 467 g/mol. The second-order valence-electron chi connectivity index (χ2n) is 7.70. The summed E-state index contributed by atoms with van der Waals surface area (Å²) in [5, 5.41) is 4.30. The summed E-state index contributed by atoms with van der Waals surface area (Å²) in [4.78, 5) is 21.5. The molecule has 7 nitrogen and oxygen atoms in total. The number of halogens is 4. The minimum Gasteiger partial charge on any atom is -0.472 e. The molecule has 0 aliphatic carbocycles. The number of aromatic nitrogens is 3. The highest BCUT2D eigenvalue weighted by Gasteiger charge is 2.29. The number of carbonyl (C=O) groups excluding carboxylic acids is 1. The summed E-state index contributed by atoms with van der Waals surface area (Å²) in [5.74, 6) is -0.896. The molecule has 2 aliphatic rings.